The molecule has 0 amide bonds. The van der Waals surface area contributed by atoms with Gasteiger partial charge in [0.25, 0.3) is 5.56 Å². The number of nitrogens with one attached hydrogen (secondary N) is 1. The smallest absolute Gasteiger partial charge is 0.263 e. The van der Waals surface area contributed by atoms with Gasteiger partial charge in [0, 0.05) is 25.5 Å². The minimum atomic E-state index is -0.256. The first-order valence-electron chi connectivity index (χ1n) is 8.74. The number of ether oxygens (including phenoxy) is 1. The van der Waals surface area contributed by atoms with E-state index in [2.05, 4.69) is 20.1 Å². The number of fused-ring (bicyclic) bond motifs is 1. The maximum atomic E-state index is 12.5. The molecule has 1 saturated heterocycles. The second kappa shape index (κ2) is 6.24. The van der Waals surface area contributed by atoms with E-state index in [0.717, 1.165) is 0 Å². The molecule has 9 heteroatoms. The van der Waals surface area contributed by atoms with Gasteiger partial charge in [-0.05, 0) is 26.8 Å². The van der Waals surface area contributed by atoms with Gasteiger partial charge in [-0.15, -0.1) is 0 Å². The third-order valence-corrected chi connectivity index (χ3v) is 4.45. The molecule has 1 unspecified atom stereocenters. The van der Waals surface area contributed by atoms with Crippen molar-refractivity contribution >= 4 is 17.0 Å². The highest BCUT2D eigenvalue weighted by Gasteiger charge is 2.25. The van der Waals surface area contributed by atoms with E-state index in [0.29, 0.717) is 43.2 Å². The lowest BCUT2D eigenvalue weighted by atomic mass is 10.1. The number of aromatic amines is 1. The minimum absolute atomic E-state index is 0.0165. The molecule has 0 bridgehead atoms. The number of rotatable bonds is 3. The molecule has 138 valence electrons. The molecule has 1 aliphatic heterocycles. The highest BCUT2D eigenvalue weighted by molar-refractivity contribution is 5.74. The number of hydrogen-bond donors (Lipinski definition) is 1. The first-order valence-corrected chi connectivity index (χ1v) is 8.74. The number of anilines is 1. The van der Waals surface area contributed by atoms with E-state index >= 15 is 0 Å². The molecule has 3 aromatic heterocycles. The largest absolute Gasteiger partial charge is 0.373 e. The van der Waals surface area contributed by atoms with Gasteiger partial charge >= 0.3 is 0 Å². The van der Waals surface area contributed by atoms with Crippen LogP contribution in [0.4, 0.5) is 5.95 Å². The van der Waals surface area contributed by atoms with Gasteiger partial charge in [0.05, 0.1) is 31.0 Å². The van der Waals surface area contributed by atoms with Crippen molar-refractivity contribution in [2.24, 2.45) is 0 Å². The third kappa shape index (κ3) is 3.10. The molecule has 9 nitrogen and oxygen atoms in total. The van der Waals surface area contributed by atoms with E-state index < -0.39 is 0 Å². The van der Waals surface area contributed by atoms with Crippen molar-refractivity contribution < 1.29 is 4.74 Å². The fraction of sp³-hybridized carbons (Fsp3) is 0.529. The number of hydrogen-bond acceptors (Lipinski definition) is 6. The van der Waals surface area contributed by atoms with Crippen LogP contribution in [0.3, 0.4) is 0 Å². The average Bonchev–Trinajstić information content (AvgIpc) is 3.24. The van der Waals surface area contributed by atoms with Crippen LogP contribution in [0.25, 0.3) is 11.0 Å². The first-order chi connectivity index (χ1) is 12.4. The summed E-state index contributed by atoms with van der Waals surface area (Å²) in [5, 5.41) is 9.09. The molecule has 1 N–H and O–H groups in total. The molecule has 0 spiro atoms. The Hall–Kier alpha value is -2.68. The maximum absolute atomic E-state index is 12.5. The van der Waals surface area contributed by atoms with Gasteiger partial charge in [0.1, 0.15) is 5.39 Å². The predicted octanol–water partition coefficient (Wildman–Crippen LogP) is 0.976. The summed E-state index contributed by atoms with van der Waals surface area (Å²) >= 11 is 0. The molecule has 4 heterocycles. The normalized spacial score (nSPS) is 18.6. The Morgan fingerprint density at radius 3 is 2.92 bits per heavy atom. The van der Waals surface area contributed by atoms with E-state index in [1.807, 2.05) is 37.7 Å². The minimum Gasteiger partial charge on any atom is -0.373 e. The molecular formula is C17H23N7O2. The van der Waals surface area contributed by atoms with Crippen LogP contribution in [0.1, 0.15) is 20.8 Å². The fourth-order valence-corrected chi connectivity index (χ4v) is 3.19. The molecule has 0 saturated carbocycles. The fourth-order valence-electron chi connectivity index (χ4n) is 3.19. The lowest BCUT2D eigenvalue weighted by molar-refractivity contribution is 0.0269. The van der Waals surface area contributed by atoms with Crippen molar-refractivity contribution in [3.8, 4) is 0 Å². The molecular weight excluding hydrogens is 334 g/mol. The Morgan fingerprint density at radius 2 is 2.19 bits per heavy atom. The lowest BCUT2D eigenvalue weighted by Crippen LogP contribution is -2.45. The van der Waals surface area contributed by atoms with E-state index in [-0.39, 0.29) is 17.2 Å². The zero-order valence-electron chi connectivity index (χ0n) is 15.2. The second-order valence-electron chi connectivity index (χ2n) is 7.52. The monoisotopic (exact) mass is 357 g/mol. The average molecular weight is 357 g/mol. The molecule has 3 aromatic rings. The Balaban J connectivity index is 1.64. The van der Waals surface area contributed by atoms with Crippen LogP contribution in [0.5, 0.6) is 0 Å². The van der Waals surface area contributed by atoms with Crippen molar-refractivity contribution in [3.63, 3.8) is 0 Å². The summed E-state index contributed by atoms with van der Waals surface area (Å²) in [7, 11) is 0. The van der Waals surface area contributed by atoms with Crippen molar-refractivity contribution in [2.45, 2.75) is 39.0 Å². The highest BCUT2D eigenvalue weighted by Crippen LogP contribution is 2.20. The standard InChI is InChI=1S/C17H23N7O2/c1-17(2,3)24-14-13(9-19-24)15(25)21-16(20-14)22-7-8-26-12(10-22)11-23-6-4-5-18-23/h4-6,9,12H,7-8,10-11H2,1-3H3,(H,20,21,25). The number of aromatic nitrogens is 6. The van der Waals surface area contributed by atoms with Crippen LogP contribution >= 0.6 is 0 Å². The Labute approximate surface area is 150 Å². The van der Waals surface area contributed by atoms with E-state index in [4.69, 9.17) is 9.72 Å². The van der Waals surface area contributed by atoms with Crippen LogP contribution in [-0.2, 0) is 16.8 Å². The van der Waals surface area contributed by atoms with Gasteiger partial charge in [-0.3, -0.25) is 14.5 Å². The topological polar surface area (TPSA) is 93.9 Å². The summed E-state index contributed by atoms with van der Waals surface area (Å²) in [6.07, 6.45) is 5.23. The van der Waals surface area contributed by atoms with Crippen molar-refractivity contribution in [2.75, 3.05) is 24.6 Å². The van der Waals surface area contributed by atoms with Gasteiger partial charge in [-0.2, -0.15) is 15.2 Å². The third-order valence-electron chi connectivity index (χ3n) is 4.45. The molecule has 4 rings (SSSR count). The second-order valence-corrected chi connectivity index (χ2v) is 7.52. The number of morpholine rings is 1. The van der Waals surface area contributed by atoms with Gasteiger partial charge in [-0.1, -0.05) is 0 Å². The summed E-state index contributed by atoms with van der Waals surface area (Å²) in [5.41, 5.74) is 0.176. The zero-order valence-corrected chi connectivity index (χ0v) is 15.2. The number of nitrogens with zero attached hydrogens (tertiary/aromatic N) is 6. The predicted molar refractivity (Wildman–Crippen MR) is 97.3 cm³/mol. The van der Waals surface area contributed by atoms with E-state index in [1.54, 1.807) is 17.1 Å². The molecule has 0 aliphatic carbocycles. The molecule has 0 aromatic carbocycles. The molecule has 1 aliphatic rings. The molecule has 0 radical (unpaired) electrons. The molecule has 1 atom stereocenters. The van der Waals surface area contributed by atoms with Crippen LogP contribution in [0.2, 0.25) is 0 Å². The molecule has 26 heavy (non-hydrogen) atoms. The van der Waals surface area contributed by atoms with Crippen LogP contribution in [-0.4, -0.2) is 55.3 Å². The van der Waals surface area contributed by atoms with E-state index in [9.17, 15) is 4.79 Å². The van der Waals surface area contributed by atoms with E-state index in [1.165, 1.54) is 0 Å². The Bertz CT molecular complexity index is 952. The maximum Gasteiger partial charge on any atom is 0.263 e. The van der Waals surface area contributed by atoms with Gasteiger partial charge < -0.3 is 9.64 Å². The van der Waals surface area contributed by atoms with Gasteiger partial charge in [0.15, 0.2) is 5.65 Å². The summed E-state index contributed by atoms with van der Waals surface area (Å²) in [4.78, 5) is 22.2. The van der Waals surface area contributed by atoms with Crippen LogP contribution in [0, 0.1) is 0 Å². The van der Waals surface area contributed by atoms with Gasteiger partial charge in [-0.25, -0.2) is 4.68 Å². The quantitative estimate of drug-likeness (QED) is 0.751. The van der Waals surface area contributed by atoms with Crippen molar-refractivity contribution in [1.82, 2.24) is 29.5 Å². The van der Waals surface area contributed by atoms with Crippen molar-refractivity contribution in [3.05, 3.63) is 35.0 Å². The summed E-state index contributed by atoms with van der Waals surface area (Å²) in [6, 6.07) is 1.89. The van der Waals surface area contributed by atoms with Crippen LogP contribution in [0.15, 0.2) is 29.5 Å². The summed E-state index contributed by atoms with van der Waals surface area (Å²) < 4.78 is 9.49. The Kier molecular flexibility index (Phi) is 4.03. The zero-order chi connectivity index (χ0) is 18.3. The van der Waals surface area contributed by atoms with Crippen molar-refractivity contribution in [1.29, 1.82) is 0 Å². The lowest BCUT2D eigenvalue weighted by Gasteiger charge is -2.33. The molecule has 1 fully saturated rings. The SMILES string of the molecule is CC(C)(C)n1ncc2c(=O)[nH]c(N3CCOC(Cn4cccn4)C3)nc21. The van der Waals surface area contributed by atoms with Gasteiger partial charge in [0.2, 0.25) is 5.95 Å². The Morgan fingerprint density at radius 1 is 1.35 bits per heavy atom. The highest BCUT2D eigenvalue weighted by atomic mass is 16.5. The summed E-state index contributed by atoms with van der Waals surface area (Å²) in [6.45, 7) is 8.66. The summed E-state index contributed by atoms with van der Waals surface area (Å²) in [5.74, 6) is 0.558. The first kappa shape index (κ1) is 16.8. The van der Waals surface area contributed by atoms with Crippen LogP contribution < -0.4 is 10.5 Å². The number of H-pyrrole nitrogens is 1.